The smallest absolute Gasteiger partial charge is 0.171 e. The third kappa shape index (κ3) is 2.24. The van der Waals surface area contributed by atoms with Gasteiger partial charge in [0.25, 0.3) is 0 Å². The molecule has 18 heavy (non-hydrogen) atoms. The molecule has 1 aromatic carbocycles. The minimum absolute atomic E-state index is 0.377. The summed E-state index contributed by atoms with van der Waals surface area (Å²) in [5.74, 6) is 1.30. The van der Waals surface area contributed by atoms with Crippen LogP contribution in [0.4, 0.5) is 0 Å². The third-order valence-corrected chi connectivity index (χ3v) is 3.09. The number of benzene rings is 1. The van der Waals surface area contributed by atoms with Gasteiger partial charge < -0.3 is 4.74 Å². The molecule has 0 radical (unpaired) electrons. The average Bonchev–Trinajstić information content (AvgIpc) is 2.56. The van der Waals surface area contributed by atoms with Gasteiger partial charge in [-0.25, -0.2) is 0 Å². The Balaban J connectivity index is 2.34. The number of carbonyl (C=O) groups is 1. The molecule has 0 bridgehead atoms. The number of halogens is 1. The highest BCUT2D eigenvalue weighted by atomic mass is 35.5. The van der Waals surface area contributed by atoms with Gasteiger partial charge in [0.15, 0.2) is 12.0 Å². The second kappa shape index (κ2) is 4.82. The maximum Gasteiger partial charge on any atom is 0.171 e. The molecule has 0 spiro atoms. The van der Waals surface area contributed by atoms with E-state index in [1.54, 1.807) is 22.9 Å². The summed E-state index contributed by atoms with van der Waals surface area (Å²) in [4.78, 5) is 10.7. The Bertz CT molecular complexity index is 605. The van der Waals surface area contributed by atoms with Gasteiger partial charge in [-0.1, -0.05) is 11.6 Å². The van der Waals surface area contributed by atoms with Crippen molar-refractivity contribution in [2.45, 2.75) is 13.8 Å². The van der Waals surface area contributed by atoms with E-state index >= 15 is 0 Å². The van der Waals surface area contributed by atoms with Crippen LogP contribution >= 0.6 is 11.6 Å². The van der Waals surface area contributed by atoms with Gasteiger partial charge >= 0.3 is 0 Å². The predicted octanol–water partition coefficient (Wildman–Crippen LogP) is 3.30. The number of aldehydes is 1. The molecule has 0 saturated carbocycles. The average molecular weight is 265 g/mol. The topological polar surface area (TPSA) is 44.1 Å². The Morgan fingerprint density at radius 2 is 2.11 bits per heavy atom. The standard InChI is InChI=1S/C13H13ClN2O2/c1-8-13(9(2)16(3)15-8)18-11-5-4-10(7-17)12(14)6-11/h4-7H,1-3H3. The Kier molecular flexibility index (Phi) is 3.39. The van der Waals surface area contributed by atoms with Gasteiger partial charge in [-0.2, -0.15) is 5.10 Å². The van der Waals surface area contributed by atoms with Gasteiger partial charge in [0.05, 0.1) is 10.7 Å². The van der Waals surface area contributed by atoms with Gasteiger partial charge in [-0.3, -0.25) is 9.48 Å². The molecule has 0 aliphatic rings. The molecule has 4 nitrogen and oxygen atoms in total. The summed E-state index contributed by atoms with van der Waals surface area (Å²) >= 11 is 5.95. The van der Waals surface area contributed by atoms with E-state index in [2.05, 4.69) is 5.10 Å². The fourth-order valence-corrected chi connectivity index (χ4v) is 1.90. The molecule has 0 N–H and O–H groups in total. The number of hydrogen-bond donors (Lipinski definition) is 0. The zero-order valence-corrected chi connectivity index (χ0v) is 11.2. The van der Waals surface area contributed by atoms with Crippen LogP contribution in [0.15, 0.2) is 18.2 Å². The first-order valence-electron chi connectivity index (χ1n) is 5.45. The molecule has 0 atom stereocenters. The van der Waals surface area contributed by atoms with Crippen LogP contribution in [0.3, 0.4) is 0 Å². The van der Waals surface area contributed by atoms with Crippen molar-refractivity contribution in [1.29, 1.82) is 0 Å². The lowest BCUT2D eigenvalue weighted by Gasteiger charge is -2.07. The Labute approximate surface area is 110 Å². The summed E-state index contributed by atoms with van der Waals surface area (Å²) in [6.07, 6.45) is 0.715. The fraction of sp³-hybridized carbons (Fsp3) is 0.231. The first kappa shape index (κ1) is 12.6. The number of aromatic nitrogens is 2. The zero-order valence-electron chi connectivity index (χ0n) is 10.4. The van der Waals surface area contributed by atoms with E-state index in [1.807, 2.05) is 20.9 Å². The SMILES string of the molecule is Cc1nn(C)c(C)c1Oc1ccc(C=O)c(Cl)c1. The van der Waals surface area contributed by atoms with E-state index in [0.717, 1.165) is 11.4 Å². The first-order valence-corrected chi connectivity index (χ1v) is 5.83. The van der Waals surface area contributed by atoms with Crippen molar-refractivity contribution in [2.24, 2.45) is 7.05 Å². The third-order valence-electron chi connectivity index (χ3n) is 2.76. The van der Waals surface area contributed by atoms with Crippen molar-refractivity contribution in [2.75, 3.05) is 0 Å². The van der Waals surface area contributed by atoms with E-state index < -0.39 is 0 Å². The number of nitrogens with zero attached hydrogens (tertiary/aromatic N) is 2. The summed E-state index contributed by atoms with van der Waals surface area (Å²) in [5, 5.41) is 4.64. The fourth-order valence-electron chi connectivity index (χ4n) is 1.69. The van der Waals surface area contributed by atoms with Gasteiger partial charge in [-0.15, -0.1) is 0 Å². The van der Waals surface area contributed by atoms with Gasteiger partial charge in [-0.05, 0) is 26.0 Å². The van der Waals surface area contributed by atoms with Gasteiger partial charge in [0.1, 0.15) is 11.4 Å². The molecular weight excluding hydrogens is 252 g/mol. The largest absolute Gasteiger partial charge is 0.453 e. The molecule has 0 aliphatic heterocycles. The normalized spacial score (nSPS) is 10.4. The van der Waals surface area contributed by atoms with Gasteiger partial charge in [0, 0.05) is 18.7 Å². The summed E-state index contributed by atoms with van der Waals surface area (Å²) < 4.78 is 7.51. The lowest BCUT2D eigenvalue weighted by molar-refractivity contribution is 0.112. The van der Waals surface area contributed by atoms with E-state index in [-0.39, 0.29) is 0 Å². The molecule has 0 saturated heterocycles. The number of carbonyl (C=O) groups excluding carboxylic acids is 1. The Morgan fingerprint density at radius 1 is 1.39 bits per heavy atom. The van der Waals surface area contributed by atoms with Crippen molar-refractivity contribution in [3.05, 3.63) is 40.2 Å². The van der Waals surface area contributed by atoms with Crippen LogP contribution in [0.2, 0.25) is 5.02 Å². The van der Waals surface area contributed by atoms with Crippen LogP contribution in [0.1, 0.15) is 21.7 Å². The van der Waals surface area contributed by atoms with Crippen LogP contribution < -0.4 is 4.74 Å². The van der Waals surface area contributed by atoms with Crippen molar-refractivity contribution in [3.8, 4) is 11.5 Å². The van der Waals surface area contributed by atoms with Crippen molar-refractivity contribution in [3.63, 3.8) is 0 Å². The van der Waals surface area contributed by atoms with Crippen LogP contribution in [-0.4, -0.2) is 16.1 Å². The lowest BCUT2D eigenvalue weighted by Crippen LogP contribution is -1.93. The molecular formula is C13H13ClN2O2. The molecule has 0 aliphatic carbocycles. The van der Waals surface area contributed by atoms with E-state index in [0.29, 0.717) is 28.4 Å². The van der Waals surface area contributed by atoms with Crippen LogP contribution in [-0.2, 0) is 7.05 Å². The molecule has 0 fully saturated rings. The maximum atomic E-state index is 10.7. The molecule has 0 unspecified atom stereocenters. The predicted molar refractivity (Wildman–Crippen MR) is 69.6 cm³/mol. The van der Waals surface area contributed by atoms with Crippen LogP contribution in [0, 0.1) is 13.8 Å². The Hall–Kier alpha value is -1.81. The molecule has 5 heteroatoms. The number of rotatable bonds is 3. The minimum Gasteiger partial charge on any atom is -0.453 e. The van der Waals surface area contributed by atoms with E-state index in [1.165, 1.54) is 0 Å². The van der Waals surface area contributed by atoms with E-state index in [4.69, 9.17) is 16.3 Å². The number of hydrogen-bond acceptors (Lipinski definition) is 3. The molecule has 94 valence electrons. The highest BCUT2D eigenvalue weighted by Crippen LogP contribution is 2.30. The monoisotopic (exact) mass is 264 g/mol. The van der Waals surface area contributed by atoms with E-state index in [9.17, 15) is 4.79 Å². The lowest BCUT2D eigenvalue weighted by atomic mass is 10.2. The molecule has 2 aromatic rings. The number of aryl methyl sites for hydroxylation is 2. The quantitative estimate of drug-likeness (QED) is 0.799. The van der Waals surface area contributed by atoms with Crippen LogP contribution in [0.5, 0.6) is 11.5 Å². The summed E-state index contributed by atoms with van der Waals surface area (Å²) in [6, 6.07) is 4.96. The van der Waals surface area contributed by atoms with Crippen molar-refractivity contribution in [1.82, 2.24) is 9.78 Å². The summed E-state index contributed by atoms with van der Waals surface area (Å²) in [6.45, 7) is 3.81. The molecule has 2 rings (SSSR count). The minimum atomic E-state index is 0.377. The molecule has 1 heterocycles. The molecule has 0 amide bonds. The zero-order chi connectivity index (χ0) is 13.3. The number of ether oxygens (including phenoxy) is 1. The van der Waals surface area contributed by atoms with Gasteiger partial charge in [0.2, 0.25) is 0 Å². The van der Waals surface area contributed by atoms with Crippen molar-refractivity contribution >= 4 is 17.9 Å². The first-order chi connectivity index (χ1) is 8.52. The second-order valence-corrected chi connectivity index (χ2v) is 4.43. The van der Waals surface area contributed by atoms with Crippen molar-refractivity contribution < 1.29 is 9.53 Å². The maximum absolute atomic E-state index is 10.7. The molecule has 1 aromatic heterocycles. The summed E-state index contributed by atoms with van der Waals surface area (Å²) in [5.41, 5.74) is 2.19. The summed E-state index contributed by atoms with van der Waals surface area (Å²) in [7, 11) is 1.86. The Morgan fingerprint density at radius 3 is 2.61 bits per heavy atom. The highest BCUT2D eigenvalue weighted by molar-refractivity contribution is 6.33. The second-order valence-electron chi connectivity index (χ2n) is 4.03. The highest BCUT2D eigenvalue weighted by Gasteiger charge is 2.12. The van der Waals surface area contributed by atoms with Crippen LogP contribution in [0.25, 0.3) is 0 Å².